The number of phenolic OH excluding ortho intramolecular Hbond substituents is 2. The first-order chi connectivity index (χ1) is 16.0. The van der Waals surface area contributed by atoms with Crippen molar-refractivity contribution in [1.29, 1.82) is 0 Å². The van der Waals surface area contributed by atoms with Gasteiger partial charge in [-0.15, -0.1) is 0 Å². The molecule has 6 nitrogen and oxygen atoms in total. The predicted octanol–water partition coefficient (Wildman–Crippen LogP) is 6.37. The van der Waals surface area contributed by atoms with Gasteiger partial charge in [0.15, 0.2) is 0 Å². The Morgan fingerprint density at radius 3 is 1.79 bits per heavy atom. The molecule has 0 amide bonds. The van der Waals surface area contributed by atoms with E-state index in [9.17, 15) is 19.8 Å². The molecule has 0 saturated heterocycles. The summed E-state index contributed by atoms with van der Waals surface area (Å²) in [5, 5.41) is 19.2. The lowest BCUT2D eigenvalue weighted by Crippen LogP contribution is -2.11. The molecular formula is C26H26I2O6. The quantitative estimate of drug-likeness (QED) is 0.245. The minimum absolute atomic E-state index is 0.169. The van der Waals surface area contributed by atoms with Gasteiger partial charge >= 0.3 is 11.9 Å². The fourth-order valence-corrected chi connectivity index (χ4v) is 5.01. The van der Waals surface area contributed by atoms with Crippen molar-refractivity contribution in [3.05, 3.63) is 88.5 Å². The molecule has 0 atom stereocenters. The van der Waals surface area contributed by atoms with Crippen LogP contribution in [0.2, 0.25) is 0 Å². The average Bonchev–Trinajstić information content (AvgIpc) is 2.80. The van der Waals surface area contributed by atoms with Crippen LogP contribution in [0.1, 0.15) is 48.5 Å². The number of carbonyl (C=O) groups is 2. The van der Waals surface area contributed by atoms with Gasteiger partial charge < -0.3 is 19.7 Å². The molecule has 0 heterocycles. The Kier molecular flexibility index (Phi) is 10.2. The second-order valence-electron chi connectivity index (χ2n) is 7.61. The molecule has 0 fully saturated rings. The van der Waals surface area contributed by atoms with E-state index in [4.69, 9.17) is 4.74 Å². The number of aryl methyl sites for hydroxylation is 2. The summed E-state index contributed by atoms with van der Waals surface area (Å²) >= 11 is 4.10. The Hall–Kier alpha value is -2.34. The van der Waals surface area contributed by atoms with Gasteiger partial charge in [-0.3, -0.25) is 0 Å². The number of hydrogen-bond acceptors (Lipinski definition) is 6. The van der Waals surface area contributed by atoms with Gasteiger partial charge in [-0.05, 0) is 113 Å². The lowest BCUT2D eigenvalue weighted by molar-refractivity contribution is 0.0470. The first-order valence-electron chi connectivity index (χ1n) is 10.3. The molecule has 0 radical (unpaired) electrons. The highest BCUT2D eigenvalue weighted by Crippen LogP contribution is 2.35. The van der Waals surface area contributed by atoms with Crippen LogP contribution in [0.3, 0.4) is 0 Å². The molecule has 3 aromatic carbocycles. The summed E-state index contributed by atoms with van der Waals surface area (Å²) < 4.78 is 11.4. The van der Waals surface area contributed by atoms with Crippen molar-refractivity contribution in [3.8, 4) is 11.5 Å². The van der Waals surface area contributed by atoms with E-state index in [1.807, 2.05) is 89.4 Å². The van der Waals surface area contributed by atoms with E-state index in [0.29, 0.717) is 18.3 Å². The minimum atomic E-state index is -0.366. The molecular weight excluding hydrogens is 662 g/mol. The van der Waals surface area contributed by atoms with E-state index in [0.717, 1.165) is 27.8 Å². The number of phenols is 2. The Labute approximate surface area is 226 Å². The Bertz CT molecular complexity index is 1150. The number of benzene rings is 3. The number of hydrogen-bond donors (Lipinski definition) is 2. The zero-order valence-corrected chi connectivity index (χ0v) is 23.8. The van der Waals surface area contributed by atoms with Crippen molar-refractivity contribution in [3.63, 3.8) is 0 Å². The summed E-state index contributed by atoms with van der Waals surface area (Å²) in [5.41, 5.74) is 4.98. The van der Waals surface area contributed by atoms with Crippen molar-refractivity contribution in [2.45, 2.75) is 34.3 Å². The third kappa shape index (κ3) is 6.62. The smallest absolute Gasteiger partial charge is 0.339 e. The number of esters is 2. The van der Waals surface area contributed by atoms with E-state index in [2.05, 4.69) is 4.74 Å². The van der Waals surface area contributed by atoms with Crippen LogP contribution in [0.25, 0.3) is 0 Å². The van der Waals surface area contributed by atoms with Crippen LogP contribution < -0.4 is 0 Å². The van der Waals surface area contributed by atoms with Crippen LogP contribution in [-0.2, 0) is 16.1 Å². The fourth-order valence-electron chi connectivity index (χ4n) is 3.42. The van der Waals surface area contributed by atoms with E-state index in [1.54, 1.807) is 26.0 Å². The maximum absolute atomic E-state index is 12.4. The molecule has 0 bridgehead atoms. The van der Waals surface area contributed by atoms with Crippen LogP contribution >= 0.6 is 45.2 Å². The molecule has 2 N–H and O–H groups in total. The summed E-state index contributed by atoms with van der Waals surface area (Å²) in [6.07, 6.45) is 0. The van der Waals surface area contributed by atoms with Gasteiger partial charge in [0.05, 0.1) is 25.4 Å². The molecule has 0 saturated carbocycles. The van der Waals surface area contributed by atoms with Crippen LogP contribution in [0.5, 0.6) is 11.5 Å². The second kappa shape index (κ2) is 12.4. The predicted molar refractivity (Wildman–Crippen MR) is 147 cm³/mol. The highest BCUT2D eigenvalue weighted by Gasteiger charge is 2.22. The molecule has 0 aromatic heterocycles. The van der Waals surface area contributed by atoms with Crippen LogP contribution in [0.4, 0.5) is 0 Å². The lowest BCUT2D eigenvalue weighted by Gasteiger charge is -2.15. The molecule has 0 aliphatic rings. The Balaban J connectivity index is 0.000000270. The molecule has 180 valence electrons. The van der Waals surface area contributed by atoms with Gasteiger partial charge in [0.2, 0.25) is 0 Å². The number of methoxy groups -OCH3 is 1. The van der Waals surface area contributed by atoms with E-state index >= 15 is 0 Å². The van der Waals surface area contributed by atoms with Crippen molar-refractivity contribution in [1.82, 2.24) is 0 Å². The van der Waals surface area contributed by atoms with E-state index in [1.165, 1.54) is 7.11 Å². The minimum Gasteiger partial charge on any atom is -0.508 e. The SMILES string of the molecule is COC(=O)c1c(C)cc(O)cc1C.Cc1c(I)c(O)c(I)c(C)c1C(=O)OCc1ccccc1. The number of carbonyl (C=O) groups excluding carboxylic acids is 2. The van der Waals surface area contributed by atoms with Gasteiger partial charge in [0.25, 0.3) is 0 Å². The maximum atomic E-state index is 12.4. The first-order valence-corrected chi connectivity index (χ1v) is 12.4. The molecule has 3 rings (SSSR count). The van der Waals surface area contributed by atoms with E-state index < -0.39 is 0 Å². The topological polar surface area (TPSA) is 93.1 Å². The van der Waals surface area contributed by atoms with Crippen molar-refractivity contribution >= 4 is 57.1 Å². The normalized spacial score (nSPS) is 10.2. The summed E-state index contributed by atoms with van der Waals surface area (Å²) in [4.78, 5) is 23.6. The van der Waals surface area contributed by atoms with Crippen molar-refractivity contribution in [2.24, 2.45) is 0 Å². The van der Waals surface area contributed by atoms with Crippen molar-refractivity contribution in [2.75, 3.05) is 7.11 Å². The monoisotopic (exact) mass is 688 g/mol. The largest absolute Gasteiger partial charge is 0.508 e. The molecule has 34 heavy (non-hydrogen) atoms. The fraction of sp³-hybridized carbons (Fsp3) is 0.231. The Morgan fingerprint density at radius 2 is 1.32 bits per heavy atom. The summed E-state index contributed by atoms with van der Waals surface area (Å²) in [7, 11) is 1.34. The summed E-state index contributed by atoms with van der Waals surface area (Å²) in [6, 6.07) is 12.6. The highest BCUT2D eigenvalue weighted by atomic mass is 127. The number of halogens is 2. The molecule has 3 aromatic rings. The van der Waals surface area contributed by atoms with Gasteiger partial charge in [-0.1, -0.05) is 30.3 Å². The van der Waals surface area contributed by atoms with Crippen LogP contribution in [0, 0.1) is 34.8 Å². The highest BCUT2D eigenvalue weighted by molar-refractivity contribution is 14.1. The zero-order chi connectivity index (χ0) is 25.6. The third-order valence-corrected chi connectivity index (χ3v) is 7.79. The van der Waals surface area contributed by atoms with Gasteiger partial charge in [-0.2, -0.15) is 0 Å². The molecule has 8 heteroatoms. The molecule has 0 unspecified atom stereocenters. The Morgan fingerprint density at radius 1 is 0.824 bits per heavy atom. The first kappa shape index (κ1) is 27.9. The third-order valence-electron chi connectivity index (χ3n) is 5.15. The number of aromatic hydroxyl groups is 2. The zero-order valence-electron chi connectivity index (χ0n) is 19.5. The lowest BCUT2D eigenvalue weighted by atomic mass is 10.0. The average molecular weight is 688 g/mol. The second-order valence-corrected chi connectivity index (χ2v) is 9.77. The van der Waals surface area contributed by atoms with E-state index in [-0.39, 0.29) is 30.0 Å². The standard InChI is InChI=1S/C16H14I2O3.C10H12O3/c1-9-12(10(2)14(18)15(19)13(9)17)16(20)21-8-11-6-4-3-5-7-11;1-6-4-8(11)5-7(2)9(6)10(12)13-3/h3-7,19H,8H2,1-2H3;4-5,11H,1-3H3. The molecule has 0 aliphatic carbocycles. The number of ether oxygens (including phenoxy) is 2. The molecule has 0 spiro atoms. The summed E-state index contributed by atoms with van der Waals surface area (Å²) in [5.74, 6) is -0.326. The maximum Gasteiger partial charge on any atom is 0.339 e. The summed E-state index contributed by atoms with van der Waals surface area (Å²) in [6.45, 7) is 7.41. The van der Waals surface area contributed by atoms with Gasteiger partial charge in [0.1, 0.15) is 18.1 Å². The van der Waals surface area contributed by atoms with Gasteiger partial charge in [0, 0.05) is 0 Å². The van der Waals surface area contributed by atoms with Gasteiger partial charge in [-0.25, -0.2) is 9.59 Å². The van der Waals surface area contributed by atoms with Crippen molar-refractivity contribution < 1.29 is 29.3 Å². The number of rotatable bonds is 4. The van der Waals surface area contributed by atoms with Crippen LogP contribution in [0.15, 0.2) is 42.5 Å². The molecule has 0 aliphatic heterocycles. The van der Waals surface area contributed by atoms with Crippen LogP contribution in [-0.4, -0.2) is 29.3 Å².